The number of carbonyl (C=O) groups excluding carboxylic acids is 2. The minimum absolute atomic E-state index is 0.113. The lowest BCUT2D eigenvalue weighted by Crippen LogP contribution is -2.52. The van der Waals surface area contributed by atoms with Crippen molar-refractivity contribution in [1.29, 1.82) is 0 Å². The Morgan fingerprint density at radius 3 is 2.24 bits per heavy atom. The Kier molecular flexibility index (Phi) is 9.35. The molecule has 2 aromatic rings. The van der Waals surface area contributed by atoms with E-state index in [2.05, 4.69) is 5.32 Å². The van der Waals surface area contributed by atoms with Crippen LogP contribution >= 0.6 is 11.6 Å². The summed E-state index contributed by atoms with van der Waals surface area (Å²) in [7, 11) is -2.27. The van der Waals surface area contributed by atoms with E-state index in [0.29, 0.717) is 22.0 Å². The van der Waals surface area contributed by atoms with Crippen LogP contribution in [-0.4, -0.2) is 57.1 Å². The minimum Gasteiger partial charge on any atom is -0.497 e. The van der Waals surface area contributed by atoms with Gasteiger partial charge < -0.3 is 15.0 Å². The van der Waals surface area contributed by atoms with Crippen LogP contribution in [0.15, 0.2) is 42.5 Å². The van der Waals surface area contributed by atoms with E-state index in [1.807, 2.05) is 13.8 Å². The molecule has 1 unspecified atom stereocenters. The lowest BCUT2D eigenvalue weighted by molar-refractivity contribution is -0.139. The molecule has 0 saturated carbocycles. The van der Waals surface area contributed by atoms with Gasteiger partial charge in [-0.05, 0) is 63.1 Å². The molecule has 2 aromatic carbocycles. The van der Waals surface area contributed by atoms with Crippen LogP contribution < -0.4 is 14.4 Å². The van der Waals surface area contributed by atoms with Crippen molar-refractivity contribution in [2.75, 3.05) is 24.2 Å². The van der Waals surface area contributed by atoms with Gasteiger partial charge in [0, 0.05) is 17.6 Å². The van der Waals surface area contributed by atoms with Gasteiger partial charge in [0.05, 0.1) is 19.1 Å². The summed E-state index contributed by atoms with van der Waals surface area (Å²) in [4.78, 5) is 27.7. The fourth-order valence-corrected chi connectivity index (χ4v) is 4.43. The zero-order valence-electron chi connectivity index (χ0n) is 20.3. The van der Waals surface area contributed by atoms with Gasteiger partial charge in [0.25, 0.3) is 0 Å². The zero-order chi connectivity index (χ0) is 25.6. The quantitative estimate of drug-likeness (QED) is 0.529. The van der Waals surface area contributed by atoms with Gasteiger partial charge >= 0.3 is 0 Å². The number of carbonyl (C=O) groups is 2. The summed E-state index contributed by atoms with van der Waals surface area (Å²) in [6.45, 7) is 6.65. The molecule has 10 heteroatoms. The molecular formula is C24H32ClN3O5S. The molecule has 0 saturated heterocycles. The summed E-state index contributed by atoms with van der Waals surface area (Å²) in [6, 6.07) is 11.0. The SMILES string of the molecule is COc1ccc(CN(C(=O)CN(c2cc(Cl)ccc2C)S(C)(=O)=O)C(C)C(=O)NC(C)C)cc1. The first kappa shape index (κ1) is 27.5. The van der Waals surface area contributed by atoms with Crippen molar-refractivity contribution in [1.82, 2.24) is 10.2 Å². The predicted octanol–water partition coefficient (Wildman–Crippen LogP) is 3.36. The van der Waals surface area contributed by atoms with Gasteiger partial charge in [-0.15, -0.1) is 0 Å². The van der Waals surface area contributed by atoms with Crippen molar-refractivity contribution in [2.45, 2.75) is 46.3 Å². The molecule has 0 aliphatic rings. The fraction of sp³-hybridized carbons (Fsp3) is 0.417. The summed E-state index contributed by atoms with van der Waals surface area (Å²) < 4.78 is 31.5. The molecule has 0 aliphatic carbocycles. The van der Waals surface area contributed by atoms with E-state index >= 15 is 0 Å². The van der Waals surface area contributed by atoms with E-state index in [0.717, 1.165) is 16.1 Å². The van der Waals surface area contributed by atoms with Gasteiger partial charge in [0.1, 0.15) is 18.3 Å². The number of benzene rings is 2. The second kappa shape index (κ2) is 11.6. The number of nitrogens with zero attached hydrogens (tertiary/aromatic N) is 2. The average molecular weight is 510 g/mol. The Bertz CT molecular complexity index is 1120. The smallest absolute Gasteiger partial charge is 0.244 e. The number of rotatable bonds is 10. The number of amides is 2. The third-order valence-corrected chi connectivity index (χ3v) is 6.59. The third kappa shape index (κ3) is 7.36. The molecule has 186 valence electrons. The van der Waals surface area contributed by atoms with Crippen LogP contribution in [0.3, 0.4) is 0 Å². The molecule has 0 radical (unpaired) electrons. The molecule has 2 rings (SSSR count). The largest absolute Gasteiger partial charge is 0.497 e. The van der Waals surface area contributed by atoms with Gasteiger partial charge in [-0.3, -0.25) is 13.9 Å². The highest BCUT2D eigenvalue weighted by Gasteiger charge is 2.30. The normalized spacial score (nSPS) is 12.2. The number of anilines is 1. The molecule has 0 fully saturated rings. The Morgan fingerprint density at radius 1 is 1.09 bits per heavy atom. The molecule has 1 N–H and O–H groups in total. The zero-order valence-corrected chi connectivity index (χ0v) is 21.9. The average Bonchev–Trinajstić information content (AvgIpc) is 2.76. The van der Waals surface area contributed by atoms with E-state index in [4.69, 9.17) is 16.3 Å². The van der Waals surface area contributed by atoms with E-state index in [1.165, 1.54) is 11.0 Å². The van der Waals surface area contributed by atoms with Gasteiger partial charge in [0.15, 0.2) is 0 Å². The molecule has 0 aliphatic heterocycles. The van der Waals surface area contributed by atoms with Crippen molar-refractivity contribution >= 4 is 39.1 Å². The summed E-state index contributed by atoms with van der Waals surface area (Å²) in [6.07, 6.45) is 1.03. The van der Waals surface area contributed by atoms with E-state index in [9.17, 15) is 18.0 Å². The Morgan fingerprint density at radius 2 is 1.71 bits per heavy atom. The molecular weight excluding hydrogens is 478 g/mol. The van der Waals surface area contributed by atoms with Crippen molar-refractivity contribution < 1.29 is 22.7 Å². The van der Waals surface area contributed by atoms with Gasteiger partial charge in [-0.25, -0.2) is 8.42 Å². The van der Waals surface area contributed by atoms with Crippen molar-refractivity contribution in [3.05, 3.63) is 58.6 Å². The lowest BCUT2D eigenvalue weighted by Gasteiger charge is -2.32. The lowest BCUT2D eigenvalue weighted by atomic mass is 10.1. The van der Waals surface area contributed by atoms with E-state index < -0.39 is 28.5 Å². The first-order chi connectivity index (χ1) is 15.8. The van der Waals surface area contributed by atoms with Crippen LogP contribution in [0.2, 0.25) is 5.02 Å². The maximum atomic E-state index is 13.5. The molecule has 2 amide bonds. The highest BCUT2D eigenvalue weighted by atomic mass is 35.5. The predicted molar refractivity (Wildman–Crippen MR) is 135 cm³/mol. The number of methoxy groups -OCH3 is 1. The van der Waals surface area contributed by atoms with Crippen LogP contribution in [0.5, 0.6) is 5.75 Å². The first-order valence-corrected chi connectivity index (χ1v) is 13.0. The van der Waals surface area contributed by atoms with Crippen LogP contribution in [-0.2, 0) is 26.2 Å². The molecule has 34 heavy (non-hydrogen) atoms. The third-order valence-electron chi connectivity index (χ3n) is 5.23. The Hall–Kier alpha value is -2.78. The first-order valence-electron chi connectivity index (χ1n) is 10.8. The standard InChI is InChI=1S/C24H32ClN3O5S/c1-16(2)26-24(30)18(4)27(14-19-8-11-21(33-5)12-9-19)23(29)15-28(34(6,31)32)22-13-20(25)10-7-17(22)3/h7-13,16,18H,14-15H2,1-6H3,(H,26,30). The summed E-state index contributed by atoms with van der Waals surface area (Å²) in [5, 5.41) is 3.16. The molecule has 0 spiro atoms. The highest BCUT2D eigenvalue weighted by Crippen LogP contribution is 2.27. The monoisotopic (exact) mass is 509 g/mol. The van der Waals surface area contributed by atoms with Crippen molar-refractivity contribution in [2.24, 2.45) is 0 Å². The van der Waals surface area contributed by atoms with E-state index in [1.54, 1.807) is 57.4 Å². The number of nitrogens with one attached hydrogen (secondary N) is 1. The van der Waals surface area contributed by atoms with Gasteiger partial charge in [-0.1, -0.05) is 29.8 Å². The Labute approximate surface area is 206 Å². The molecule has 0 heterocycles. The van der Waals surface area contributed by atoms with Crippen molar-refractivity contribution in [3.8, 4) is 5.75 Å². The maximum absolute atomic E-state index is 13.5. The second-order valence-corrected chi connectivity index (χ2v) is 10.8. The maximum Gasteiger partial charge on any atom is 0.244 e. The van der Waals surface area contributed by atoms with E-state index in [-0.39, 0.29) is 18.5 Å². The fourth-order valence-electron chi connectivity index (χ4n) is 3.36. The Balaban J connectivity index is 2.42. The summed E-state index contributed by atoms with van der Waals surface area (Å²) in [5.74, 6) is -0.194. The number of hydrogen-bond acceptors (Lipinski definition) is 5. The number of sulfonamides is 1. The minimum atomic E-state index is -3.82. The molecule has 0 aromatic heterocycles. The van der Waals surface area contributed by atoms with Crippen LogP contribution in [0.1, 0.15) is 31.9 Å². The van der Waals surface area contributed by atoms with Crippen LogP contribution in [0.25, 0.3) is 0 Å². The van der Waals surface area contributed by atoms with Crippen LogP contribution in [0, 0.1) is 6.92 Å². The molecule has 8 nitrogen and oxygen atoms in total. The topological polar surface area (TPSA) is 96.0 Å². The number of hydrogen-bond donors (Lipinski definition) is 1. The van der Waals surface area contributed by atoms with Crippen molar-refractivity contribution in [3.63, 3.8) is 0 Å². The highest BCUT2D eigenvalue weighted by molar-refractivity contribution is 7.92. The van der Waals surface area contributed by atoms with Gasteiger partial charge in [0.2, 0.25) is 21.8 Å². The molecule has 0 bridgehead atoms. The number of aryl methyl sites for hydroxylation is 1. The number of ether oxygens (including phenoxy) is 1. The summed E-state index contributed by atoms with van der Waals surface area (Å²) >= 11 is 6.10. The summed E-state index contributed by atoms with van der Waals surface area (Å²) in [5.41, 5.74) is 1.73. The van der Waals surface area contributed by atoms with Crippen LogP contribution in [0.4, 0.5) is 5.69 Å². The second-order valence-electron chi connectivity index (χ2n) is 8.41. The number of halogens is 1. The molecule has 1 atom stereocenters. The van der Waals surface area contributed by atoms with Gasteiger partial charge in [-0.2, -0.15) is 0 Å².